The van der Waals surface area contributed by atoms with Crippen LogP contribution in [0.3, 0.4) is 0 Å². The summed E-state index contributed by atoms with van der Waals surface area (Å²) in [6, 6.07) is 21.8. The first-order valence-electron chi connectivity index (χ1n) is 14.4. The van der Waals surface area contributed by atoms with Crippen molar-refractivity contribution in [3.8, 4) is 6.07 Å². The summed E-state index contributed by atoms with van der Waals surface area (Å²) in [6.45, 7) is 8.56. The first-order valence-corrected chi connectivity index (χ1v) is 14.8. The Balaban J connectivity index is 1.60. The predicted molar refractivity (Wildman–Crippen MR) is 165 cm³/mol. The van der Waals surface area contributed by atoms with E-state index >= 15 is 0 Å². The summed E-state index contributed by atoms with van der Waals surface area (Å²) in [4.78, 5) is 13.5. The first kappa shape index (κ1) is 32.1. The normalized spacial score (nSPS) is 14.0. The lowest BCUT2D eigenvalue weighted by molar-refractivity contribution is -0.126. The molecule has 3 N–H and O–H groups in total. The summed E-state index contributed by atoms with van der Waals surface area (Å²) in [5, 5.41) is 25.0. The first-order chi connectivity index (χ1) is 19.8. The fourth-order valence-electron chi connectivity index (χ4n) is 4.82. The van der Waals surface area contributed by atoms with Gasteiger partial charge < -0.3 is 20.2 Å². The Morgan fingerprint density at radius 2 is 1.78 bits per heavy atom. The van der Waals surface area contributed by atoms with Crippen LogP contribution in [0.25, 0.3) is 0 Å². The van der Waals surface area contributed by atoms with Crippen LogP contribution in [0.5, 0.6) is 0 Å². The second-order valence-electron chi connectivity index (χ2n) is 10.6. The van der Waals surface area contributed by atoms with Gasteiger partial charge in [-0.3, -0.25) is 4.79 Å². The predicted octanol–water partition coefficient (Wildman–Crippen LogP) is 6.54. The van der Waals surface area contributed by atoms with E-state index in [9.17, 15) is 9.90 Å². The number of benzene rings is 2. The van der Waals surface area contributed by atoms with Gasteiger partial charge in [-0.1, -0.05) is 48.0 Å². The number of rotatable bonds is 17. The van der Waals surface area contributed by atoms with E-state index in [2.05, 4.69) is 61.4 Å². The molecule has 3 aromatic rings. The van der Waals surface area contributed by atoms with Crippen LogP contribution in [0.1, 0.15) is 72.4 Å². The van der Waals surface area contributed by atoms with Gasteiger partial charge >= 0.3 is 0 Å². The lowest BCUT2D eigenvalue weighted by atomic mass is 9.93. The highest BCUT2D eigenvalue weighted by Gasteiger charge is 2.28. The largest absolute Gasteiger partial charge is 0.465 e. The van der Waals surface area contributed by atoms with Crippen molar-refractivity contribution in [2.75, 3.05) is 6.61 Å². The van der Waals surface area contributed by atoms with Crippen molar-refractivity contribution in [1.82, 2.24) is 10.6 Å². The van der Waals surface area contributed by atoms with E-state index in [0.29, 0.717) is 44.2 Å². The van der Waals surface area contributed by atoms with Crippen LogP contribution in [0.4, 0.5) is 0 Å². The van der Waals surface area contributed by atoms with E-state index in [4.69, 9.17) is 21.3 Å². The van der Waals surface area contributed by atoms with E-state index in [1.54, 1.807) is 12.1 Å². The number of carbonyl (C=O) groups is 1. The standard InChI is InChI=1S/C34H42ClN3O3/c1-4-5-6-33(35)32(34(40)38-29(19-20-39)21-26-9-11-27(22-36)12-10-26)18-17-30-15-16-31(41-30)23-37-25(3)28-13-7-24(2)8-14-28/h4,7-16,25,29,32-33,37,39H,1,5-6,17-21,23H2,2-3H3,(H,38,40)/t25-,29+,32?,33?/m1/s1. The van der Waals surface area contributed by atoms with Crippen molar-refractivity contribution >= 4 is 17.5 Å². The molecule has 0 aliphatic heterocycles. The molecule has 1 aromatic heterocycles. The number of halogens is 1. The number of amides is 1. The molecule has 0 bridgehead atoms. The van der Waals surface area contributed by atoms with Crippen LogP contribution in [-0.4, -0.2) is 29.0 Å². The van der Waals surface area contributed by atoms with Gasteiger partial charge in [-0.05, 0) is 81.3 Å². The molecule has 218 valence electrons. The third-order valence-corrected chi connectivity index (χ3v) is 7.91. The van der Waals surface area contributed by atoms with E-state index in [1.165, 1.54) is 11.1 Å². The maximum atomic E-state index is 13.5. The Hall–Kier alpha value is -3.37. The molecule has 41 heavy (non-hydrogen) atoms. The molecule has 1 heterocycles. The highest BCUT2D eigenvalue weighted by atomic mass is 35.5. The Morgan fingerprint density at radius 1 is 1.07 bits per heavy atom. The molecule has 2 aromatic carbocycles. The lowest BCUT2D eigenvalue weighted by Crippen LogP contribution is -2.43. The molecule has 2 unspecified atom stereocenters. The Morgan fingerprint density at radius 3 is 2.44 bits per heavy atom. The average molecular weight is 576 g/mol. The Labute approximate surface area is 249 Å². The third-order valence-electron chi connectivity index (χ3n) is 7.39. The van der Waals surface area contributed by atoms with Crippen LogP contribution in [0.2, 0.25) is 0 Å². The van der Waals surface area contributed by atoms with Gasteiger partial charge in [-0.2, -0.15) is 5.26 Å². The number of aliphatic hydroxyl groups excluding tert-OH is 1. The number of nitrogens with zero attached hydrogens (tertiary/aromatic N) is 1. The fraction of sp³-hybridized carbons (Fsp3) is 0.412. The molecule has 1 amide bonds. The van der Waals surface area contributed by atoms with E-state index in [1.807, 2.05) is 30.3 Å². The average Bonchev–Trinajstić information content (AvgIpc) is 3.43. The number of nitrogens with one attached hydrogen (secondary N) is 2. The monoisotopic (exact) mass is 575 g/mol. The molecule has 0 saturated heterocycles. The number of allylic oxidation sites excluding steroid dienone is 1. The second-order valence-corrected chi connectivity index (χ2v) is 11.2. The van der Waals surface area contributed by atoms with E-state index in [-0.39, 0.29) is 30.0 Å². The number of nitriles is 1. The number of aryl methyl sites for hydroxylation is 2. The maximum absolute atomic E-state index is 13.5. The van der Waals surface area contributed by atoms with Crippen LogP contribution in [0, 0.1) is 24.2 Å². The summed E-state index contributed by atoms with van der Waals surface area (Å²) >= 11 is 6.77. The van der Waals surface area contributed by atoms with Gasteiger partial charge in [0, 0.05) is 30.5 Å². The van der Waals surface area contributed by atoms with Gasteiger partial charge in [0.05, 0.1) is 24.1 Å². The molecule has 6 nitrogen and oxygen atoms in total. The summed E-state index contributed by atoms with van der Waals surface area (Å²) in [5.41, 5.74) is 4.04. The molecule has 3 rings (SSSR count). The van der Waals surface area contributed by atoms with E-state index < -0.39 is 5.92 Å². The number of furan rings is 1. The number of aliphatic hydroxyl groups is 1. The van der Waals surface area contributed by atoms with Gasteiger partial charge in [-0.15, -0.1) is 18.2 Å². The second kappa shape index (κ2) is 16.8. The van der Waals surface area contributed by atoms with Crippen molar-refractivity contribution in [2.45, 2.75) is 76.4 Å². The van der Waals surface area contributed by atoms with Crippen LogP contribution in [-0.2, 0) is 24.2 Å². The quantitative estimate of drug-likeness (QED) is 0.125. The number of hydrogen-bond donors (Lipinski definition) is 3. The van der Waals surface area contributed by atoms with Crippen molar-refractivity contribution in [3.05, 3.63) is 107 Å². The van der Waals surface area contributed by atoms with Crippen LogP contribution in [0.15, 0.2) is 77.7 Å². The summed E-state index contributed by atoms with van der Waals surface area (Å²) in [7, 11) is 0. The minimum atomic E-state index is -0.424. The summed E-state index contributed by atoms with van der Waals surface area (Å²) in [5.74, 6) is 1.12. The fourth-order valence-corrected chi connectivity index (χ4v) is 5.19. The number of alkyl halides is 1. The number of hydrogen-bond acceptors (Lipinski definition) is 5. The Kier molecular flexibility index (Phi) is 13.2. The van der Waals surface area contributed by atoms with Gasteiger partial charge in [-0.25, -0.2) is 0 Å². The zero-order valence-corrected chi connectivity index (χ0v) is 24.9. The van der Waals surface area contributed by atoms with Gasteiger partial charge in [0.2, 0.25) is 5.91 Å². The molecule has 0 saturated carbocycles. The molecule has 0 fully saturated rings. The SMILES string of the molecule is C=CCCC(Cl)C(CCc1ccc(CN[C@H](C)c2ccc(C)cc2)o1)C(=O)N[C@@H](CCO)Cc1ccc(C#N)cc1. The van der Waals surface area contributed by atoms with Crippen molar-refractivity contribution in [2.24, 2.45) is 5.92 Å². The molecule has 0 spiro atoms. The Bertz CT molecular complexity index is 1260. The van der Waals surface area contributed by atoms with Gasteiger partial charge in [0.1, 0.15) is 11.5 Å². The van der Waals surface area contributed by atoms with E-state index in [0.717, 1.165) is 23.5 Å². The third kappa shape index (κ3) is 10.5. The molecular weight excluding hydrogens is 534 g/mol. The van der Waals surface area contributed by atoms with Crippen LogP contribution < -0.4 is 10.6 Å². The zero-order valence-electron chi connectivity index (χ0n) is 24.1. The topological polar surface area (TPSA) is 98.3 Å². The highest BCUT2D eigenvalue weighted by Crippen LogP contribution is 2.24. The molecule has 0 aliphatic rings. The maximum Gasteiger partial charge on any atom is 0.224 e. The van der Waals surface area contributed by atoms with Crippen molar-refractivity contribution < 1.29 is 14.3 Å². The van der Waals surface area contributed by atoms with Gasteiger partial charge in [0.25, 0.3) is 0 Å². The zero-order chi connectivity index (χ0) is 29.6. The molecular formula is C34H42ClN3O3. The summed E-state index contributed by atoms with van der Waals surface area (Å²) in [6.07, 6.45) is 5.29. The molecule has 0 aliphatic carbocycles. The number of carbonyl (C=O) groups excluding carboxylic acids is 1. The highest BCUT2D eigenvalue weighted by molar-refractivity contribution is 6.22. The minimum Gasteiger partial charge on any atom is -0.465 e. The van der Waals surface area contributed by atoms with Crippen LogP contribution >= 0.6 is 11.6 Å². The lowest BCUT2D eigenvalue weighted by Gasteiger charge is -2.25. The summed E-state index contributed by atoms with van der Waals surface area (Å²) < 4.78 is 6.09. The smallest absolute Gasteiger partial charge is 0.224 e. The molecule has 4 atom stereocenters. The minimum absolute atomic E-state index is 0.0433. The van der Waals surface area contributed by atoms with Crippen molar-refractivity contribution in [1.29, 1.82) is 5.26 Å². The van der Waals surface area contributed by atoms with Crippen molar-refractivity contribution in [3.63, 3.8) is 0 Å². The molecule has 0 radical (unpaired) electrons. The molecule has 7 heteroatoms. The van der Waals surface area contributed by atoms with Gasteiger partial charge in [0.15, 0.2) is 0 Å².